The smallest absolute Gasteiger partial charge is 0.310 e. The van der Waals surface area contributed by atoms with Gasteiger partial charge in [-0.3, -0.25) is 14.9 Å². The Kier molecular flexibility index (Phi) is 5.42. The fraction of sp³-hybridized carbons (Fsp3) is 0.538. The first-order valence-electron chi connectivity index (χ1n) is 6.34. The van der Waals surface area contributed by atoms with Crippen molar-refractivity contribution in [3.05, 3.63) is 27.9 Å². The predicted octanol–water partition coefficient (Wildman–Crippen LogP) is 1.93. The molecule has 7 heteroatoms. The van der Waals surface area contributed by atoms with E-state index < -0.39 is 4.92 Å². The molecule has 20 heavy (non-hydrogen) atoms. The Hall–Kier alpha value is -2.18. The van der Waals surface area contributed by atoms with Crippen LogP contribution in [-0.4, -0.2) is 36.1 Å². The molecule has 0 bridgehead atoms. The summed E-state index contributed by atoms with van der Waals surface area (Å²) in [5, 5.41) is 10.8. The minimum atomic E-state index is -0.459. The summed E-state index contributed by atoms with van der Waals surface area (Å²) in [6.45, 7) is 6.47. The molecule has 1 aromatic rings. The summed E-state index contributed by atoms with van der Waals surface area (Å²) in [5.74, 6) is 0.0330. The van der Waals surface area contributed by atoms with Crippen molar-refractivity contribution in [3.8, 4) is 0 Å². The van der Waals surface area contributed by atoms with Crippen LogP contribution in [0.15, 0.2) is 12.3 Å². The molecule has 0 spiro atoms. The lowest BCUT2D eigenvalue weighted by Crippen LogP contribution is -2.32. The molecule has 1 aromatic heterocycles. The number of aryl methyl sites for hydroxylation is 1. The number of aromatic nitrogens is 1. The van der Waals surface area contributed by atoms with E-state index in [0.717, 1.165) is 0 Å². The Morgan fingerprint density at radius 1 is 1.60 bits per heavy atom. The minimum Gasteiger partial charge on any atom is -0.469 e. The average molecular weight is 281 g/mol. The van der Waals surface area contributed by atoms with Crippen LogP contribution in [0.5, 0.6) is 0 Å². The normalized spacial score (nSPS) is 11.8. The lowest BCUT2D eigenvalue weighted by molar-refractivity contribution is -0.385. The summed E-state index contributed by atoms with van der Waals surface area (Å²) in [6.07, 6.45) is 1.25. The first-order chi connectivity index (χ1) is 9.40. The second-order valence-corrected chi connectivity index (χ2v) is 4.55. The van der Waals surface area contributed by atoms with Crippen molar-refractivity contribution in [2.75, 3.05) is 25.1 Å². The molecule has 0 N–H and O–H groups in total. The van der Waals surface area contributed by atoms with E-state index in [9.17, 15) is 14.9 Å². The molecular weight excluding hydrogens is 262 g/mol. The summed E-state index contributed by atoms with van der Waals surface area (Å²) in [7, 11) is 1.35. The van der Waals surface area contributed by atoms with Gasteiger partial charge in [-0.1, -0.05) is 6.92 Å². The SMILES string of the molecule is CCN(C[C@H](C)C(=O)OC)c1cc(C)c([N+](=O)[O-])cn1. The van der Waals surface area contributed by atoms with Gasteiger partial charge in [-0.25, -0.2) is 4.98 Å². The molecule has 1 rings (SSSR count). The van der Waals surface area contributed by atoms with E-state index in [1.807, 2.05) is 11.8 Å². The van der Waals surface area contributed by atoms with Gasteiger partial charge >= 0.3 is 5.97 Å². The highest BCUT2D eigenvalue weighted by molar-refractivity contribution is 5.72. The van der Waals surface area contributed by atoms with Crippen LogP contribution in [0.3, 0.4) is 0 Å². The van der Waals surface area contributed by atoms with Crippen molar-refractivity contribution in [2.45, 2.75) is 20.8 Å². The molecule has 1 atom stereocenters. The second kappa shape index (κ2) is 6.83. The van der Waals surface area contributed by atoms with Gasteiger partial charge in [0.05, 0.1) is 18.0 Å². The number of nitro groups is 1. The van der Waals surface area contributed by atoms with E-state index in [2.05, 4.69) is 4.98 Å². The molecule has 0 aliphatic heterocycles. The number of hydrogen-bond acceptors (Lipinski definition) is 6. The van der Waals surface area contributed by atoms with E-state index in [4.69, 9.17) is 4.74 Å². The van der Waals surface area contributed by atoms with Gasteiger partial charge in [0, 0.05) is 18.7 Å². The van der Waals surface area contributed by atoms with Crippen molar-refractivity contribution in [3.63, 3.8) is 0 Å². The fourth-order valence-corrected chi connectivity index (χ4v) is 1.89. The molecule has 0 aliphatic rings. The molecule has 0 unspecified atom stereocenters. The predicted molar refractivity (Wildman–Crippen MR) is 74.7 cm³/mol. The van der Waals surface area contributed by atoms with Crippen molar-refractivity contribution in [1.29, 1.82) is 0 Å². The molecule has 0 saturated carbocycles. The first-order valence-corrected chi connectivity index (χ1v) is 6.34. The van der Waals surface area contributed by atoms with Crippen LogP contribution in [0.1, 0.15) is 19.4 Å². The lowest BCUT2D eigenvalue weighted by atomic mass is 10.1. The van der Waals surface area contributed by atoms with Crippen LogP contribution in [0.4, 0.5) is 11.5 Å². The average Bonchev–Trinajstić information content (AvgIpc) is 2.42. The van der Waals surface area contributed by atoms with Crippen LogP contribution in [0.25, 0.3) is 0 Å². The molecular formula is C13H19N3O4. The van der Waals surface area contributed by atoms with Gasteiger partial charge in [0.15, 0.2) is 0 Å². The first kappa shape index (κ1) is 15.9. The number of pyridine rings is 1. The monoisotopic (exact) mass is 281 g/mol. The molecule has 1 heterocycles. The third-order valence-corrected chi connectivity index (χ3v) is 3.07. The number of esters is 1. The molecule has 0 aliphatic carbocycles. The van der Waals surface area contributed by atoms with Gasteiger partial charge < -0.3 is 9.64 Å². The largest absolute Gasteiger partial charge is 0.469 e. The highest BCUT2D eigenvalue weighted by atomic mass is 16.6. The fourth-order valence-electron chi connectivity index (χ4n) is 1.89. The van der Waals surface area contributed by atoms with Crippen LogP contribution in [0.2, 0.25) is 0 Å². The third kappa shape index (κ3) is 3.66. The van der Waals surface area contributed by atoms with Gasteiger partial charge in [-0.05, 0) is 19.9 Å². The zero-order valence-electron chi connectivity index (χ0n) is 12.1. The van der Waals surface area contributed by atoms with Crippen LogP contribution in [-0.2, 0) is 9.53 Å². The lowest BCUT2D eigenvalue weighted by Gasteiger charge is -2.24. The Morgan fingerprint density at radius 2 is 2.25 bits per heavy atom. The number of carbonyl (C=O) groups is 1. The molecule has 0 radical (unpaired) electrons. The van der Waals surface area contributed by atoms with Crippen molar-refractivity contribution in [2.24, 2.45) is 5.92 Å². The summed E-state index contributed by atoms with van der Waals surface area (Å²) < 4.78 is 4.69. The number of nitrogens with zero attached hydrogens (tertiary/aromatic N) is 3. The van der Waals surface area contributed by atoms with E-state index in [1.165, 1.54) is 13.3 Å². The number of rotatable bonds is 6. The van der Waals surface area contributed by atoms with Gasteiger partial charge in [0.1, 0.15) is 12.0 Å². The maximum Gasteiger partial charge on any atom is 0.310 e. The van der Waals surface area contributed by atoms with E-state index in [1.54, 1.807) is 19.9 Å². The third-order valence-electron chi connectivity index (χ3n) is 3.07. The minimum absolute atomic E-state index is 0.00850. The molecule has 0 fully saturated rings. The van der Waals surface area contributed by atoms with Gasteiger partial charge in [0.25, 0.3) is 5.69 Å². The Bertz CT molecular complexity index is 504. The Labute approximate surface area is 117 Å². The van der Waals surface area contributed by atoms with E-state index >= 15 is 0 Å². The maximum absolute atomic E-state index is 11.4. The number of hydrogen-bond donors (Lipinski definition) is 0. The Morgan fingerprint density at radius 3 is 2.70 bits per heavy atom. The van der Waals surface area contributed by atoms with Crippen molar-refractivity contribution < 1.29 is 14.5 Å². The van der Waals surface area contributed by atoms with E-state index in [0.29, 0.717) is 24.5 Å². The van der Waals surface area contributed by atoms with Crippen LogP contribution >= 0.6 is 0 Å². The highest BCUT2D eigenvalue weighted by Crippen LogP contribution is 2.22. The quantitative estimate of drug-likeness (QED) is 0.450. The highest BCUT2D eigenvalue weighted by Gasteiger charge is 2.19. The summed E-state index contributed by atoms with van der Waals surface area (Å²) in [4.78, 5) is 27.7. The number of methoxy groups -OCH3 is 1. The van der Waals surface area contributed by atoms with Gasteiger partial charge in [0.2, 0.25) is 0 Å². The van der Waals surface area contributed by atoms with Crippen LogP contribution < -0.4 is 4.90 Å². The van der Waals surface area contributed by atoms with Crippen molar-refractivity contribution >= 4 is 17.5 Å². The van der Waals surface area contributed by atoms with E-state index in [-0.39, 0.29) is 17.6 Å². The molecule has 0 saturated heterocycles. The van der Waals surface area contributed by atoms with Gasteiger partial charge in [-0.15, -0.1) is 0 Å². The number of carbonyl (C=O) groups excluding carboxylic acids is 1. The number of ether oxygens (including phenoxy) is 1. The topological polar surface area (TPSA) is 85.6 Å². The van der Waals surface area contributed by atoms with Gasteiger partial charge in [-0.2, -0.15) is 0 Å². The standard InChI is InChI=1S/C13H19N3O4/c1-5-15(8-10(3)13(17)20-4)12-6-9(2)11(7-14-12)16(18)19/h6-7,10H,5,8H2,1-4H3/t10-/m0/s1. The molecule has 0 aromatic carbocycles. The zero-order chi connectivity index (χ0) is 15.3. The molecule has 110 valence electrons. The molecule has 0 amide bonds. The molecule has 7 nitrogen and oxygen atoms in total. The number of anilines is 1. The Balaban J connectivity index is 2.93. The zero-order valence-corrected chi connectivity index (χ0v) is 12.1. The van der Waals surface area contributed by atoms with Crippen LogP contribution in [0, 0.1) is 23.0 Å². The summed E-state index contributed by atoms with van der Waals surface area (Å²) >= 11 is 0. The second-order valence-electron chi connectivity index (χ2n) is 4.55. The maximum atomic E-state index is 11.4. The van der Waals surface area contributed by atoms with Crippen molar-refractivity contribution in [1.82, 2.24) is 4.98 Å². The summed E-state index contributed by atoms with van der Waals surface area (Å²) in [6, 6.07) is 1.66. The summed E-state index contributed by atoms with van der Waals surface area (Å²) in [5.41, 5.74) is 0.537.